The SMILES string of the molecule is O=C(O)c1coc(OC2CCC2)n1. The molecule has 0 radical (unpaired) electrons. The summed E-state index contributed by atoms with van der Waals surface area (Å²) in [5, 5.41) is 8.53. The summed E-state index contributed by atoms with van der Waals surface area (Å²) in [6, 6.07) is 0. The van der Waals surface area contributed by atoms with Crippen molar-refractivity contribution in [3.8, 4) is 6.08 Å². The second-order valence-corrected chi connectivity index (χ2v) is 2.97. The van der Waals surface area contributed by atoms with Crippen LogP contribution in [0, 0.1) is 0 Å². The zero-order chi connectivity index (χ0) is 9.26. The number of carbonyl (C=O) groups is 1. The Kier molecular flexibility index (Phi) is 1.92. The molecular formula is C8H9NO4. The second-order valence-electron chi connectivity index (χ2n) is 2.97. The Balaban J connectivity index is 2.00. The van der Waals surface area contributed by atoms with E-state index in [0.717, 1.165) is 25.5 Å². The smallest absolute Gasteiger partial charge is 0.394 e. The van der Waals surface area contributed by atoms with Gasteiger partial charge in [0.05, 0.1) is 0 Å². The molecule has 0 spiro atoms. The minimum Gasteiger partial charge on any atom is -0.476 e. The van der Waals surface area contributed by atoms with Gasteiger partial charge in [0.25, 0.3) is 0 Å². The number of nitrogens with zero attached hydrogens (tertiary/aromatic N) is 1. The van der Waals surface area contributed by atoms with Gasteiger partial charge < -0.3 is 14.3 Å². The van der Waals surface area contributed by atoms with E-state index in [1.807, 2.05) is 0 Å². The average molecular weight is 183 g/mol. The molecule has 1 heterocycles. The maximum absolute atomic E-state index is 10.4. The predicted molar refractivity (Wildman–Crippen MR) is 41.7 cm³/mol. The number of hydrogen-bond donors (Lipinski definition) is 1. The first-order valence-electron chi connectivity index (χ1n) is 4.11. The number of oxazole rings is 1. The molecule has 1 saturated carbocycles. The number of aromatic nitrogens is 1. The third kappa shape index (κ3) is 1.63. The average Bonchev–Trinajstić information content (AvgIpc) is 2.44. The highest BCUT2D eigenvalue weighted by Crippen LogP contribution is 2.24. The molecule has 0 bridgehead atoms. The maximum Gasteiger partial charge on any atom is 0.394 e. The fraction of sp³-hybridized carbons (Fsp3) is 0.500. The number of ether oxygens (including phenoxy) is 1. The Labute approximate surface area is 74.3 Å². The van der Waals surface area contributed by atoms with Crippen molar-refractivity contribution >= 4 is 5.97 Å². The van der Waals surface area contributed by atoms with Crippen molar-refractivity contribution in [2.75, 3.05) is 0 Å². The summed E-state index contributed by atoms with van der Waals surface area (Å²) in [6.45, 7) is 0. The number of hydrogen-bond acceptors (Lipinski definition) is 4. The minimum atomic E-state index is -1.10. The fourth-order valence-corrected chi connectivity index (χ4v) is 1.04. The molecule has 70 valence electrons. The fourth-order valence-electron chi connectivity index (χ4n) is 1.04. The highest BCUT2D eigenvalue weighted by Gasteiger charge is 2.22. The van der Waals surface area contributed by atoms with E-state index in [2.05, 4.69) is 4.98 Å². The van der Waals surface area contributed by atoms with Crippen molar-refractivity contribution in [1.82, 2.24) is 4.98 Å². The van der Waals surface area contributed by atoms with Gasteiger partial charge in [-0.05, 0) is 19.3 Å². The van der Waals surface area contributed by atoms with Gasteiger partial charge in [-0.1, -0.05) is 0 Å². The number of rotatable bonds is 3. The first-order valence-corrected chi connectivity index (χ1v) is 4.11. The van der Waals surface area contributed by atoms with E-state index >= 15 is 0 Å². The van der Waals surface area contributed by atoms with Gasteiger partial charge >= 0.3 is 12.0 Å². The monoisotopic (exact) mass is 183 g/mol. The van der Waals surface area contributed by atoms with Gasteiger partial charge in [0.1, 0.15) is 12.4 Å². The third-order valence-electron chi connectivity index (χ3n) is 2.02. The first-order chi connectivity index (χ1) is 6.25. The lowest BCUT2D eigenvalue weighted by molar-refractivity contribution is 0.0686. The molecule has 2 rings (SSSR count). The molecule has 1 aliphatic rings. The molecule has 0 amide bonds. The highest BCUT2D eigenvalue weighted by atomic mass is 16.6. The van der Waals surface area contributed by atoms with E-state index in [-0.39, 0.29) is 17.9 Å². The molecule has 5 nitrogen and oxygen atoms in total. The highest BCUT2D eigenvalue weighted by molar-refractivity contribution is 5.84. The summed E-state index contributed by atoms with van der Waals surface area (Å²) in [6.07, 6.45) is 4.42. The van der Waals surface area contributed by atoms with Crippen LogP contribution in [0.3, 0.4) is 0 Å². The molecule has 0 unspecified atom stereocenters. The summed E-state index contributed by atoms with van der Waals surface area (Å²) in [7, 11) is 0. The predicted octanol–water partition coefficient (Wildman–Crippen LogP) is 1.30. The third-order valence-corrected chi connectivity index (χ3v) is 2.02. The first kappa shape index (κ1) is 8.10. The molecule has 5 heteroatoms. The Morgan fingerprint density at radius 3 is 2.92 bits per heavy atom. The van der Waals surface area contributed by atoms with E-state index in [0.29, 0.717) is 0 Å². The molecule has 13 heavy (non-hydrogen) atoms. The Morgan fingerprint density at radius 1 is 1.69 bits per heavy atom. The quantitative estimate of drug-likeness (QED) is 0.764. The van der Waals surface area contributed by atoms with Crippen molar-refractivity contribution in [2.45, 2.75) is 25.4 Å². The normalized spacial score (nSPS) is 16.6. The van der Waals surface area contributed by atoms with Crippen LogP contribution >= 0.6 is 0 Å². The standard InChI is InChI=1S/C8H9NO4/c10-7(11)6-4-12-8(9-6)13-5-2-1-3-5/h4-5H,1-3H2,(H,10,11). The number of carboxylic acids is 1. The second kappa shape index (κ2) is 3.08. The van der Waals surface area contributed by atoms with Crippen molar-refractivity contribution in [3.63, 3.8) is 0 Å². The van der Waals surface area contributed by atoms with Crippen LogP contribution in [0.4, 0.5) is 0 Å². The van der Waals surface area contributed by atoms with Crippen molar-refractivity contribution in [3.05, 3.63) is 12.0 Å². The van der Waals surface area contributed by atoms with Crippen LogP contribution in [0.25, 0.3) is 0 Å². The molecule has 1 aromatic rings. The van der Waals surface area contributed by atoms with E-state index in [4.69, 9.17) is 14.3 Å². The van der Waals surface area contributed by atoms with Crippen LogP contribution < -0.4 is 4.74 Å². The van der Waals surface area contributed by atoms with Crippen LogP contribution in [-0.2, 0) is 0 Å². The topological polar surface area (TPSA) is 72.6 Å². The van der Waals surface area contributed by atoms with Crippen LogP contribution in [0.2, 0.25) is 0 Å². The number of carboxylic acid groups (broad SMARTS) is 1. The minimum absolute atomic E-state index is 0.0575. The molecule has 0 aromatic carbocycles. The van der Waals surface area contributed by atoms with Gasteiger partial charge in [-0.2, -0.15) is 4.98 Å². The molecule has 0 saturated heterocycles. The molecule has 1 aromatic heterocycles. The molecule has 1 N–H and O–H groups in total. The van der Waals surface area contributed by atoms with Crippen LogP contribution in [0.5, 0.6) is 6.08 Å². The summed E-state index contributed by atoms with van der Waals surface area (Å²) >= 11 is 0. The zero-order valence-corrected chi connectivity index (χ0v) is 6.90. The van der Waals surface area contributed by atoms with E-state index in [1.165, 1.54) is 0 Å². The summed E-state index contributed by atoms with van der Waals surface area (Å²) in [4.78, 5) is 14.0. The van der Waals surface area contributed by atoms with E-state index < -0.39 is 5.97 Å². The molecular weight excluding hydrogens is 174 g/mol. The van der Waals surface area contributed by atoms with Gasteiger partial charge in [0.15, 0.2) is 5.69 Å². The van der Waals surface area contributed by atoms with Crippen molar-refractivity contribution in [1.29, 1.82) is 0 Å². The van der Waals surface area contributed by atoms with Gasteiger partial charge in [-0.3, -0.25) is 0 Å². The maximum atomic E-state index is 10.4. The van der Waals surface area contributed by atoms with Crippen LogP contribution in [-0.4, -0.2) is 22.2 Å². The van der Waals surface area contributed by atoms with Gasteiger partial charge in [0.2, 0.25) is 0 Å². The largest absolute Gasteiger partial charge is 0.476 e. The zero-order valence-electron chi connectivity index (χ0n) is 6.90. The Bertz CT molecular complexity index is 316. The molecule has 0 aliphatic heterocycles. The van der Waals surface area contributed by atoms with Crippen LogP contribution in [0.1, 0.15) is 29.8 Å². The van der Waals surface area contributed by atoms with Gasteiger partial charge in [0, 0.05) is 0 Å². The van der Waals surface area contributed by atoms with E-state index in [1.54, 1.807) is 0 Å². The van der Waals surface area contributed by atoms with Gasteiger partial charge in [-0.15, -0.1) is 0 Å². The lowest BCUT2D eigenvalue weighted by atomic mass is 9.96. The Morgan fingerprint density at radius 2 is 2.46 bits per heavy atom. The summed E-state index contributed by atoms with van der Waals surface area (Å²) in [5.41, 5.74) is -0.116. The Hall–Kier alpha value is -1.52. The van der Waals surface area contributed by atoms with Crippen molar-refractivity contribution < 1.29 is 19.1 Å². The summed E-state index contributed by atoms with van der Waals surface area (Å²) < 4.78 is 10.1. The van der Waals surface area contributed by atoms with Crippen molar-refractivity contribution in [2.24, 2.45) is 0 Å². The van der Waals surface area contributed by atoms with Crippen LogP contribution in [0.15, 0.2) is 10.7 Å². The summed E-state index contributed by atoms with van der Waals surface area (Å²) in [5.74, 6) is -1.10. The number of aromatic carboxylic acids is 1. The van der Waals surface area contributed by atoms with E-state index in [9.17, 15) is 4.79 Å². The molecule has 1 fully saturated rings. The van der Waals surface area contributed by atoms with Gasteiger partial charge in [-0.25, -0.2) is 4.79 Å². The molecule has 0 atom stereocenters. The lowest BCUT2D eigenvalue weighted by Crippen LogP contribution is -2.24. The lowest BCUT2D eigenvalue weighted by Gasteiger charge is -2.23. The molecule has 1 aliphatic carbocycles.